The highest BCUT2D eigenvalue weighted by Gasteiger charge is 2.33. The van der Waals surface area contributed by atoms with Crippen molar-refractivity contribution in [2.45, 2.75) is 12.5 Å². The van der Waals surface area contributed by atoms with Crippen molar-refractivity contribution in [3.8, 4) is 0 Å². The molecule has 17 heavy (non-hydrogen) atoms. The summed E-state index contributed by atoms with van der Waals surface area (Å²) in [5, 5.41) is 0. The van der Waals surface area contributed by atoms with E-state index in [1.807, 2.05) is 0 Å². The van der Waals surface area contributed by atoms with Crippen molar-refractivity contribution in [3.05, 3.63) is 34.1 Å². The average Bonchev–Trinajstić information content (AvgIpc) is 2.61. The van der Waals surface area contributed by atoms with Crippen molar-refractivity contribution in [1.82, 2.24) is 0 Å². The second kappa shape index (κ2) is 4.66. The van der Waals surface area contributed by atoms with Crippen LogP contribution >= 0.6 is 15.9 Å². The van der Waals surface area contributed by atoms with Crippen molar-refractivity contribution in [2.75, 3.05) is 11.5 Å². The molecule has 0 aromatic heterocycles. The van der Waals surface area contributed by atoms with E-state index in [4.69, 9.17) is 5.73 Å². The first kappa shape index (κ1) is 13.0. The molecule has 1 aliphatic heterocycles. The minimum atomic E-state index is -2.96. The molecule has 2 N–H and O–H groups in total. The molecule has 0 aliphatic carbocycles. The molecule has 1 aromatic carbocycles. The number of rotatable bonds is 2. The maximum absolute atomic E-state index is 13.2. The van der Waals surface area contributed by atoms with Crippen LogP contribution in [0.25, 0.3) is 0 Å². The van der Waals surface area contributed by atoms with Crippen molar-refractivity contribution in [3.63, 3.8) is 0 Å². The van der Waals surface area contributed by atoms with Gasteiger partial charge in [-0.1, -0.05) is 15.9 Å². The molecular formula is C11H13BrFNO2S. The van der Waals surface area contributed by atoms with Crippen LogP contribution in [0.3, 0.4) is 0 Å². The van der Waals surface area contributed by atoms with Crippen molar-refractivity contribution in [2.24, 2.45) is 11.7 Å². The second-order valence-electron chi connectivity index (χ2n) is 4.35. The maximum Gasteiger partial charge on any atom is 0.150 e. The number of hydrogen-bond acceptors (Lipinski definition) is 3. The predicted molar refractivity (Wildman–Crippen MR) is 67.8 cm³/mol. The fourth-order valence-corrected chi connectivity index (χ4v) is 4.50. The average molecular weight is 322 g/mol. The largest absolute Gasteiger partial charge is 0.324 e. The van der Waals surface area contributed by atoms with Gasteiger partial charge in [0.1, 0.15) is 5.82 Å². The first-order chi connectivity index (χ1) is 7.89. The number of halogens is 2. The Morgan fingerprint density at radius 3 is 2.76 bits per heavy atom. The smallest absolute Gasteiger partial charge is 0.150 e. The lowest BCUT2D eigenvalue weighted by Gasteiger charge is -2.19. The van der Waals surface area contributed by atoms with Gasteiger partial charge in [0.05, 0.1) is 11.5 Å². The standard InChI is InChI=1S/C11H13BrFNO2S/c12-10-2-1-8(13)5-9(10)11(14)7-3-4-17(15,16)6-7/h1-2,5,7,11H,3-4,6,14H2. The lowest BCUT2D eigenvalue weighted by Crippen LogP contribution is -2.23. The molecule has 0 radical (unpaired) electrons. The Hall–Kier alpha value is -0.460. The van der Waals surface area contributed by atoms with Crippen molar-refractivity contribution < 1.29 is 12.8 Å². The van der Waals surface area contributed by atoms with E-state index in [-0.39, 0.29) is 23.2 Å². The summed E-state index contributed by atoms with van der Waals surface area (Å²) in [6, 6.07) is 3.84. The molecule has 3 nitrogen and oxygen atoms in total. The van der Waals surface area contributed by atoms with E-state index in [1.165, 1.54) is 12.1 Å². The quantitative estimate of drug-likeness (QED) is 0.906. The van der Waals surface area contributed by atoms with E-state index in [0.717, 1.165) is 4.47 Å². The van der Waals surface area contributed by atoms with Crippen molar-refractivity contribution >= 4 is 25.8 Å². The zero-order valence-corrected chi connectivity index (χ0v) is 11.5. The Kier molecular flexibility index (Phi) is 3.56. The fourth-order valence-electron chi connectivity index (χ4n) is 2.13. The molecular weight excluding hydrogens is 309 g/mol. The second-order valence-corrected chi connectivity index (χ2v) is 7.44. The molecule has 2 unspecified atom stereocenters. The predicted octanol–water partition coefficient (Wildman–Crippen LogP) is 2.02. The molecule has 1 aromatic rings. The normalized spacial score (nSPS) is 24.8. The molecule has 0 spiro atoms. The molecule has 0 saturated carbocycles. The van der Waals surface area contributed by atoms with Gasteiger partial charge in [-0.3, -0.25) is 0 Å². The molecule has 1 aliphatic rings. The number of sulfone groups is 1. The minimum absolute atomic E-state index is 0.0944. The first-order valence-electron chi connectivity index (χ1n) is 5.30. The van der Waals surface area contributed by atoms with Gasteiger partial charge in [-0.15, -0.1) is 0 Å². The summed E-state index contributed by atoms with van der Waals surface area (Å²) in [5.74, 6) is -0.215. The highest BCUT2D eigenvalue weighted by molar-refractivity contribution is 9.10. The van der Waals surface area contributed by atoms with Crippen LogP contribution in [0.4, 0.5) is 4.39 Å². The summed E-state index contributed by atoms with van der Waals surface area (Å²) in [6.07, 6.45) is 0.548. The van der Waals surface area contributed by atoms with Gasteiger partial charge in [0, 0.05) is 10.5 Å². The van der Waals surface area contributed by atoms with E-state index in [1.54, 1.807) is 6.07 Å². The fraction of sp³-hybridized carbons (Fsp3) is 0.455. The summed E-state index contributed by atoms with van der Waals surface area (Å²) in [7, 11) is -2.96. The zero-order chi connectivity index (χ0) is 12.6. The number of benzene rings is 1. The summed E-state index contributed by atoms with van der Waals surface area (Å²) in [6.45, 7) is 0. The third-order valence-electron chi connectivity index (χ3n) is 3.09. The Balaban J connectivity index is 2.26. The lowest BCUT2D eigenvalue weighted by molar-refractivity contribution is 0.476. The highest BCUT2D eigenvalue weighted by Crippen LogP contribution is 2.33. The summed E-state index contributed by atoms with van der Waals surface area (Å²) in [5.41, 5.74) is 6.66. The summed E-state index contributed by atoms with van der Waals surface area (Å²) >= 11 is 3.31. The molecule has 2 rings (SSSR count). The Labute approximate surface area is 108 Å². The molecule has 0 bridgehead atoms. The van der Waals surface area contributed by atoms with E-state index in [0.29, 0.717) is 12.0 Å². The summed E-state index contributed by atoms with van der Waals surface area (Å²) in [4.78, 5) is 0. The van der Waals surface area contributed by atoms with Gasteiger partial charge in [0.2, 0.25) is 0 Å². The van der Waals surface area contributed by atoms with Gasteiger partial charge in [-0.05, 0) is 36.1 Å². The van der Waals surface area contributed by atoms with Gasteiger partial charge < -0.3 is 5.73 Å². The monoisotopic (exact) mass is 321 g/mol. The minimum Gasteiger partial charge on any atom is -0.324 e. The van der Waals surface area contributed by atoms with Crippen LogP contribution in [0.2, 0.25) is 0 Å². The molecule has 6 heteroatoms. The van der Waals surface area contributed by atoms with Crippen molar-refractivity contribution in [1.29, 1.82) is 0 Å². The van der Waals surface area contributed by atoms with Gasteiger partial charge in [0.25, 0.3) is 0 Å². The SMILES string of the molecule is NC(c1cc(F)ccc1Br)C1CCS(=O)(=O)C1. The third-order valence-corrected chi connectivity index (χ3v) is 5.61. The van der Waals surface area contributed by atoms with E-state index in [2.05, 4.69) is 15.9 Å². The van der Waals surface area contributed by atoms with E-state index in [9.17, 15) is 12.8 Å². The van der Waals surface area contributed by atoms with E-state index < -0.39 is 15.9 Å². The van der Waals surface area contributed by atoms with Crippen LogP contribution in [-0.4, -0.2) is 19.9 Å². The molecule has 94 valence electrons. The molecule has 1 saturated heterocycles. The van der Waals surface area contributed by atoms with E-state index >= 15 is 0 Å². The maximum atomic E-state index is 13.2. The molecule has 1 fully saturated rings. The van der Waals surface area contributed by atoms with Crippen LogP contribution in [-0.2, 0) is 9.84 Å². The Bertz CT molecular complexity index is 532. The molecule has 0 amide bonds. The van der Waals surface area contributed by atoms with Crippen LogP contribution in [0.5, 0.6) is 0 Å². The van der Waals surface area contributed by atoms with Crippen LogP contribution in [0, 0.1) is 11.7 Å². The number of nitrogens with two attached hydrogens (primary N) is 1. The van der Waals surface area contributed by atoms with Gasteiger partial charge in [0.15, 0.2) is 9.84 Å². The topological polar surface area (TPSA) is 60.2 Å². The van der Waals surface area contributed by atoms with Gasteiger partial charge in [-0.25, -0.2) is 12.8 Å². The van der Waals surface area contributed by atoms with Crippen LogP contribution in [0.15, 0.2) is 22.7 Å². The van der Waals surface area contributed by atoms with Crippen LogP contribution < -0.4 is 5.73 Å². The summed E-state index contributed by atoms with van der Waals surface area (Å²) < 4.78 is 36.6. The number of hydrogen-bond donors (Lipinski definition) is 1. The van der Waals surface area contributed by atoms with Gasteiger partial charge >= 0.3 is 0 Å². The third kappa shape index (κ3) is 2.86. The zero-order valence-electron chi connectivity index (χ0n) is 9.07. The first-order valence-corrected chi connectivity index (χ1v) is 7.91. The Morgan fingerprint density at radius 1 is 1.47 bits per heavy atom. The van der Waals surface area contributed by atoms with Gasteiger partial charge in [-0.2, -0.15) is 0 Å². The Morgan fingerprint density at radius 2 is 2.18 bits per heavy atom. The molecule has 1 heterocycles. The molecule has 2 atom stereocenters. The highest BCUT2D eigenvalue weighted by atomic mass is 79.9. The van der Waals surface area contributed by atoms with Crippen LogP contribution in [0.1, 0.15) is 18.0 Å². The lowest BCUT2D eigenvalue weighted by atomic mass is 9.93.